The summed E-state index contributed by atoms with van der Waals surface area (Å²) in [6.45, 7) is 6.81. The number of carbonyl (C=O) groups is 1. The lowest BCUT2D eigenvalue weighted by Crippen LogP contribution is -2.32. The van der Waals surface area contributed by atoms with Crippen molar-refractivity contribution in [1.29, 1.82) is 0 Å². The molecule has 1 atom stereocenters. The summed E-state index contributed by atoms with van der Waals surface area (Å²) in [5.41, 5.74) is 2.78. The lowest BCUT2D eigenvalue weighted by Gasteiger charge is -2.11. The summed E-state index contributed by atoms with van der Waals surface area (Å²) in [6.07, 6.45) is 2.88. The maximum atomic E-state index is 12.2. The first kappa shape index (κ1) is 16.7. The Balaban J connectivity index is 1.70. The predicted octanol–water partition coefficient (Wildman–Crippen LogP) is 3.36. The number of rotatable bonds is 6. The van der Waals surface area contributed by atoms with Gasteiger partial charge in [-0.05, 0) is 60.2 Å². The fraction of sp³-hybridized carbons (Fsp3) is 0.500. The highest BCUT2D eigenvalue weighted by atomic mass is 16.2. The van der Waals surface area contributed by atoms with E-state index < -0.39 is 0 Å². The molecule has 128 valence electrons. The molecule has 1 amide bonds. The number of nitrogens with one attached hydrogen (secondary N) is 2. The van der Waals surface area contributed by atoms with E-state index in [1.54, 1.807) is 0 Å². The van der Waals surface area contributed by atoms with E-state index in [4.69, 9.17) is 0 Å². The first-order valence-electron chi connectivity index (χ1n) is 8.89. The molecule has 0 saturated heterocycles. The summed E-state index contributed by atoms with van der Waals surface area (Å²) in [4.78, 5) is 27.2. The zero-order chi connectivity index (χ0) is 17.3. The van der Waals surface area contributed by atoms with E-state index >= 15 is 0 Å². The average molecular weight is 326 g/mol. The molecule has 1 fully saturated rings. The van der Waals surface area contributed by atoms with Crippen LogP contribution in [0.15, 0.2) is 29.1 Å². The molecule has 1 aliphatic carbocycles. The van der Waals surface area contributed by atoms with Crippen molar-refractivity contribution in [2.75, 3.05) is 6.54 Å². The van der Waals surface area contributed by atoms with Gasteiger partial charge in [0.15, 0.2) is 0 Å². The van der Waals surface area contributed by atoms with E-state index in [2.05, 4.69) is 36.3 Å². The van der Waals surface area contributed by atoms with E-state index in [1.807, 2.05) is 19.1 Å². The lowest BCUT2D eigenvalue weighted by molar-refractivity contribution is -0.125. The van der Waals surface area contributed by atoms with Gasteiger partial charge in [0, 0.05) is 23.5 Å². The molecule has 1 aromatic heterocycles. The summed E-state index contributed by atoms with van der Waals surface area (Å²) >= 11 is 0. The minimum atomic E-state index is -0.0655. The van der Waals surface area contributed by atoms with Gasteiger partial charge in [-0.15, -0.1) is 0 Å². The molecule has 0 spiro atoms. The van der Waals surface area contributed by atoms with Crippen LogP contribution in [0.5, 0.6) is 0 Å². The molecule has 24 heavy (non-hydrogen) atoms. The number of hydrogen-bond donors (Lipinski definition) is 2. The monoisotopic (exact) mass is 326 g/mol. The molecule has 1 saturated carbocycles. The van der Waals surface area contributed by atoms with Gasteiger partial charge in [0.05, 0.1) is 0 Å². The normalized spacial score (nSPS) is 15.7. The van der Waals surface area contributed by atoms with E-state index in [9.17, 15) is 9.59 Å². The highest BCUT2D eigenvalue weighted by molar-refractivity contribution is 5.80. The fourth-order valence-corrected chi connectivity index (χ4v) is 3.11. The van der Waals surface area contributed by atoms with Gasteiger partial charge in [-0.1, -0.05) is 26.8 Å². The Morgan fingerprint density at radius 3 is 2.67 bits per heavy atom. The van der Waals surface area contributed by atoms with Crippen molar-refractivity contribution in [3.05, 3.63) is 45.7 Å². The van der Waals surface area contributed by atoms with Crippen LogP contribution in [0.25, 0.3) is 10.9 Å². The van der Waals surface area contributed by atoms with Crippen molar-refractivity contribution >= 4 is 16.8 Å². The molecule has 0 bridgehead atoms. The van der Waals surface area contributed by atoms with Crippen molar-refractivity contribution < 1.29 is 4.79 Å². The number of aromatic nitrogens is 1. The summed E-state index contributed by atoms with van der Waals surface area (Å²) in [5, 5.41) is 4.01. The zero-order valence-electron chi connectivity index (χ0n) is 14.7. The van der Waals surface area contributed by atoms with Gasteiger partial charge in [0.1, 0.15) is 0 Å². The first-order chi connectivity index (χ1) is 11.5. The number of carbonyl (C=O) groups excluding carboxylic acids is 1. The Labute approximate surface area is 142 Å². The van der Waals surface area contributed by atoms with Crippen LogP contribution in [0, 0.1) is 11.8 Å². The van der Waals surface area contributed by atoms with Crippen LogP contribution in [-0.2, 0) is 11.2 Å². The van der Waals surface area contributed by atoms with E-state index in [-0.39, 0.29) is 17.4 Å². The van der Waals surface area contributed by atoms with Crippen molar-refractivity contribution in [2.24, 2.45) is 11.8 Å². The second-order valence-corrected chi connectivity index (χ2v) is 7.29. The summed E-state index contributed by atoms with van der Waals surface area (Å²) in [5.74, 6) is 1.21. The van der Waals surface area contributed by atoms with E-state index in [1.165, 1.54) is 5.56 Å². The third-order valence-corrected chi connectivity index (χ3v) is 5.05. The van der Waals surface area contributed by atoms with Crippen LogP contribution in [0.3, 0.4) is 0 Å². The number of hydrogen-bond acceptors (Lipinski definition) is 2. The Morgan fingerprint density at radius 1 is 1.25 bits per heavy atom. The summed E-state index contributed by atoms with van der Waals surface area (Å²) < 4.78 is 0. The van der Waals surface area contributed by atoms with Gasteiger partial charge in [-0.25, -0.2) is 0 Å². The molecule has 0 radical (unpaired) electrons. The van der Waals surface area contributed by atoms with Crippen LogP contribution < -0.4 is 10.9 Å². The van der Waals surface area contributed by atoms with Gasteiger partial charge in [0.2, 0.25) is 5.91 Å². The van der Waals surface area contributed by atoms with Gasteiger partial charge < -0.3 is 10.3 Å². The summed E-state index contributed by atoms with van der Waals surface area (Å²) in [7, 11) is 0. The Morgan fingerprint density at radius 2 is 2.00 bits per heavy atom. The molecule has 0 aliphatic heterocycles. The second kappa shape index (κ2) is 6.80. The van der Waals surface area contributed by atoms with Gasteiger partial charge in [-0.2, -0.15) is 0 Å². The highest BCUT2D eigenvalue weighted by Crippen LogP contribution is 2.36. The quantitative estimate of drug-likeness (QED) is 0.855. The minimum absolute atomic E-state index is 0.0655. The maximum absolute atomic E-state index is 12.2. The highest BCUT2D eigenvalue weighted by Gasteiger charge is 2.32. The molecular formula is C20H26N2O2. The Hall–Kier alpha value is -2.10. The fourth-order valence-electron chi connectivity index (χ4n) is 3.11. The summed E-state index contributed by atoms with van der Waals surface area (Å²) in [6, 6.07) is 8.11. The average Bonchev–Trinajstić information content (AvgIpc) is 3.38. The lowest BCUT2D eigenvalue weighted by atomic mass is 10.00. The molecule has 1 heterocycles. The van der Waals surface area contributed by atoms with Crippen LogP contribution in [0.4, 0.5) is 0 Å². The van der Waals surface area contributed by atoms with Crippen LogP contribution in [0.1, 0.15) is 50.7 Å². The molecule has 1 unspecified atom stereocenters. The maximum Gasteiger partial charge on any atom is 0.251 e. The standard InChI is InChI=1S/C20H26N2O2/c1-12(2)15-6-7-18-17(10-15)11-16(20(24)22-18)8-9-21-19(23)13(3)14-4-5-14/h6-7,10-14H,4-5,8-9H2,1-3H3,(H,21,23)(H,22,24). The topological polar surface area (TPSA) is 62.0 Å². The number of pyridine rings is 1. The molecule has 4 heteroatoms. The number of amides is 1. The largest absolute Gasteiger partial charge is 0.356 e. The van der Waals surface area contributed by atoms with Crippen molar-refractivity contribution in [2.45, 2.75) is 46.0 Å². The molecule has 2 N–H and O–H groups in total. The molecule has 1 aromatic carbocycles. The Bertz CT molecular complexity index is 803. The number of benzene rings is 1. The first-order valence-corrected chi connectivity index (χ1v) is 8.89. The minimum Gasteiger partial charge on any atom is -0.356 e. The van der Waals surface area contributed by atoms with Gasteiger partial charge in [-0.3, -0.25) is 9.59 Å². The van der Waals surface area contributed by atoms with Crippen molar-refractivity contribution in [3.8, 4) is 0 Å². The third-order valence-electron chi connectivity index (χ3n) is 5.05. The van der Waals surface area contributed by atoms with E-state index in [0.29, 0.717) is 24.8 Å². The van der Waals surface area contributed by atoms with Gasteiger partial charge >= 0.3 is 0 Å². The van der Waals surface area contributed by atoms with Crippen molar-refractivity contribution in [1.82, 2.24) is 10.3 Å². The molecule has 2 aromatic rings. The third kappa shape index (κ3) is 3.69. The van der Waals surface area contributed by atoms with Crippen LogP contribution in [0.2, 0.25) is 0 Å². The number of H-pyrrole nitrogens is 1. The molecular weight excluding hydrogens is 300 g/mol. The smallest absolute Gasteiger partial charge is 0.251 e. The van der Waals surface area contributed by atoms with Crippen LogP contribution >= 0.6 is 0 Å². The SMILES string of the molecule is CC(C)c1ccc2[nH]c(=O)c(CCNC(=O)C(C)C3CC3)cc2c1. The van der Waals surface area contributed by atoms with Crippen molar-refractivity contribution in [3.63, 3.8) is 0 Å². The van der Waals surface area contributed by atoms with Crippen LogP contribution in [-0.4, -0.2) is 17.4 Å². The second-order valence-electron chi connectivity index (χ2n) is 7.29. The molecule has 1 aliphatic rings. The number of aromatic amines is 1. The zero-order valence-corrected chi connectivity index (χ0v) is 14.7. The molecule has 3 rings (SSSR count). The predicted molar refractivity (Wildman–Crippen MR) is 97.3 cm³/mol. The number of fused-ring (bicyclic) bond motifs is 1. The van der Waals surface area contributed by atoms with Gasteiger partial charge in [0.25, 0.3) is 5.56 Å². The molecule has 4 nitrogen and oxygen atoms in total. The Kier molecular flexibility index (Phi) is 4.74. The van der Waals surface area contributed by atoms with E-state index in [0.717, 1.165) is 29.3 Å².